The molecule has 3 rings (SSSR count). The first-order chi connectivity index (χ1) is 10.4. The molecule has 1 saturated heterocycles. The van der Waals surface area contributed by atoms with Crippen LogP contribution in [0.3, 0.4) is 0 Å². The molecule has 1 heterocycles. The fourth-order valence-corrected chi connectivity index (χ4v) is 4.80. The Labute approximate surface area is 132 Å². The number of ether oxygens (including phenoxy) is 2. The molecule has 2 aliphatic carbocycles. The fourth-order valence-electron chi connectivity index (χ4n) is 4.80. The maximum atomic E-state index is 12.4. The summed E-state index contributed by atoms with van der Waals surface area (Å²) < 4.78 is 11.8. The average molecular weight is 310 g/mol. The number of rotatable bonds is 7. The van der Waals surface area contributed by atoms with Crippen LogP contribution in [0.2, 0.25) is 0 Å². The third-order valence-electron chi connectivity index (χ3n) is 5.74. The van der Waals surface area contributed by atoms with Crippen molar-refractivity contribution in [1.29, 1.82) is 0 Å². The van der Waals surface area contributed by atoms with Gasteiger partial charge in [-0.1, -0.05) is 6.92 Å². The van der Waals surface area contributed by atoms with E-state index in [1.807, 2.05) is 0 Å². The van der Waals surface area contributed by atoms with Gasteiger partial charge in [0.05, 0.1) is 45.6 Å². The van der Waals surface area contributed by atoms with Crippen molar-refractivity contribution in [1.82, 2.24) is 0 Å². The number of esters is 2. The Morgan fingerprint density at radius 3 is 2.82 bits per heavy atom. The Morgan fingerprint density at radius 2 is 2.09 bits per heavy atom. The zero-order valence-electron chi connectivity index (χ0n) is 13.9. The lowest BCUT2D eigenvalue weighted by Crippen LogP contribution is -2.41. The molecule has 0 aromatic heterocycles. The van der Waals surface area contributed by atoms with Gasteiger partial charge in [0, 0.05) is 12.3 Å². The topological polar surface area (TPSA) is 52.6 Å². The molecule has 2 bridgehead atoms. The van der Waals surface area contributed by atoms with E-state index in [1.165, 1.54) is 0 Å². The van der Waals surface area contributed by atoms with E-state index in [2.05, 4.69) is 21.0 Å². The molecule has 0 aromatic carbocycles. The van der Waals surface area contributed by atoms with Crippen LogP contribution in [0.4, 0.5) is 0 Å². The summed E-state index contributed by atoms with van der Waals surface area (Å²) in [7, 11) is 4.41. The van der Waals surface area contributed by atoms with Crippen LogP contribution >= 0.6 is 0 Å². The van der Waals surface area contributed by atoms with E-state index >= 15 is 0 Å². The van der Waals surface area contributed by atoms with Crippen molar-refractivity contribution in [2.75, 3.05) is 33.8 Å². The van der Waals surface area contributed by atoms with Gasteiger partial charge in [-0.05, 0) is 25.2 Å². The molecule has 0 aromatic rings. The van der Waals surface area contributed by atoms with Gasteiger partial charge < -0.3 is 14.0 Å². The second-order valence-corrected chi connectivity index (χ2v) is 7.83. The van der Waals surface area contributed by atoms with Crippen LogP contribution in [0.25, 0.3) is 0 Å². The molecule has 0 amide bonds. The Morgan fingerprint density at radius 1 is 1.32 bits per heavy atom. The number of fused-ring (bicyclic) bond motifs is 1. The Balaban J connectivity index is 1.46. The van der Waals surface area contributed by atoms with Gasteiger partial charge in [0.15, 0.2) is 0 Å². The monoisotopic (exact) mass is 310 g/mol. The zero-order chi connectivity index (χ0) is 15.9. The normalized spacial score (nSPS) is 35.8. The van der Waals surface area contributed by atoms with Gasteiger partial charge in [0.2, 0.25) is 0 Å². The average Bonchev–Trinajstić information content (AvgIpc) is 3.04. The summed E-state index contributed by atoms with van der Waals surface area (Å²) in [6.45, 7) is 4.79. The van der Waals surface area contributed by atoms with Crippen LogP contribution in [-0.2, 0) is 19.1 Å². The summed E-state index contributed by atoms with van der Waals surface area (Å²) >= 11 is 0. The molecule has 22 heavy (non-hydrogen) atoms. The summed E-state index contributed by atoms with van der Waals surface area (Å²) in [6.07, 6.45) is 3.92. The molecule has 5 nitrogen and oxygen atoms in total. The molecule has 0 radical (unpaired) electrons. The van der Waals surface area contributed by atoms with Crippen molar-refractivity contribution in [2.45, 2.75) is 38.7 Å². The van der Waals surface area contributed by atoms with Crippen molar-refractivity contribution >= 4 is 11.9 Å². The van der Waals surface area contributed by atoms with Crippen LogP contribution in [0.15, 0.2) is 0 Å². The van der Waals surface area contributed by atoms with E-state index in [1.54, 1.807) is 0 Å². The van der Waals surface area contributed by atoms with Crippen molar-refractivity contribution in [3.8, 4) is 0 Å². The van der Waals surface area contributed by atoms with Gasteiger partial charge in [-0.3, -0.25) is 9.59 Å². The van der Waals surface area contributed by atoms with E-state index in [9.17, 15) is 9.59 Å². The molecular formula is C17H28NO4+. The molecule has 0 N–H and O–H groups in total. The van der Waals surface area contributed by atoms with E-state index in [4.69, 9.17) is 9.47 Å². The Hall–Kier alpha value is -1.10. The summed E-state index contributed by atoms with van der Waals surface area (Å²) in [5.74, 6) is -0.229. The maximum Gasteiger partial charge on any atom is 0.310 e. The standard InChI is InChI=1S/C17H28NO4/c1-4-6-18(2,3)7-5-8-21-16(19)14-11-9-12-13(10-11)22-17(20)15(12)14/h11-15H,4-10H2,1-3H3/q+1/t11-,12-,13+,14-,15-/m0/s1. The lowest BCUT2D eigenvalue weighted by atomic mass is 9.80. The predicted octanol–water partition coefficient (Wildman–Crippen LogP) is 1.60. The lowest BCUT2D eigenvalue weighted by molar-refractivity contribution is -0.890. The first-order valence-corrected chi connectivity index (χ1v) is 8.62. The smallest absolute Gasteiger partial charge is 0.310 e. The van der Waals surface area contributed by atoms with Gasteiger partial charge in [0.1, 0.15) is 6.10 Å². The van der Waals surface area contributed by atoms with Gasteiger partial charge >= 0.3 is 11.9 Å². The van der Waals surface area contributed by atoms with Gasteiger partial charge in [-0.2, -0.15) is 0 Å². The lowest BCUT2D eigenvalue weighted by Gasteiger charge is -2.29. The van der Waals surface area contributed by atoms with Crippen LogP contribution in [0.1, 0.15) is 32.6 Å². The number of quaternary nitrogens is 1. The number of carbonyl (C=O) groups is 2. The summed E-state index contributed by atoms with van der Waals surface area (Å²) in [6, 6.07) is 0. The van der Waals surface area contributed by atoms with Crippen LogP contribution in [0, 0.1) is 23.7 Å². The molecule has 3 fully saturated rings. The largest absolute Gasteiger partial charge is 0.465 e. The highest BCUT2D eigenvalue weighted by molar-refractivity contribution is 5.85. The minimum Gasteiger partial charge on any atom is -0.465 e. The van der Waals surface area contributed by atoms with E-state index < -0.39 is 0 Å². The SMILES string of the molecule is CCC[N+](C)(C)CCCOC(=O)[C@H]1[C@H]2C[C@@H]3[C@@H]1C(=O)O[C@@H]3C2. The highest BCUT2D eigenvalue weighted by Gasteiger charge is 2.64. The first kappa shape index (κ1) is 15.8. The number of hydrogen-bond acceptors (Lipinski definition) is 4. The Kier molecular flexibility index (Phi) is 4.19. The Bertz CT molecular complexity index is 460. The fraction of sp³-hybridized carbons (Fsp3) is 0.882. The number of nitrogens with zero attached hydrogens (tertiary/aromatic N) is 1. The molecule has 0 unspecified atom stereocenters. The number of hydrogen-bond donors (Lipinski definition) is 0. The minimum absolute atomic E-state index is 0.0821. The third-order valence-corrected chi connectivity index (χ3v) is 5.74. The molecule has 5 heteroatoms. The zero-order valence-corrected chi connectivity index (χ0v) is 13.9. The van der Waals surface area contributed by atoms with Gasteiger partial charge in [-0.15, -0.1) is 0 Å². The molecule has 2 saturated carbocycles. The van der Waals surface area contributed by atoms with E-state index in [0.717, 1.165) is 43.3 Å². The quantitative estimate of drug-likeness (QED) is 0.407. The van der Waals surface area contributed by atoms with Crippen LogP contribution < -0.4 is 0 Å². The maximum absolute atomic E-state index is 12.4. The number of carbonyl (C=O) groups excluding carboxylic acids is 2. The first-order valence-electron chi connectivity index (χ1n) is 8.62. The van der Waals surface area contributed by atoms with Crippen molar-refractivity contribution in [3.63, 3.8) is 0 Å². The van der Waals surface area contributed by atoms with Crippen molar-refractivity contribution in [2.24, 2.45) is 23.7 Å². The summed E-state index contributed by atoms with van der Waals surface area (Å²) in [4.78, 5) is 24.3. The van der Waals surface area contributed by atoms with Crippen molar-refractivity contribution < 1.29 is 23.5 Å². The molecule has 124 valence electrons. The highest BCUT2D eigenvalue weighted by atomic mass is 16.6. The molecular weight excluding hydrogens is 282 g/mol. The van der Waals surface area contributed by atoms with Crippen LogP contribution in [-0.4, -0.2) is 56.3 Å². The minimum atomic E-state index is -0.241. The van der Waals surface area contributed by atoms with Crippen molar-refractivity contribution in [3.05, 3.63) is 0 Å². The second-order valence-electron chi connectivity index (χ2n) is 7.83. The van der Waals surface area contributed by atoms with Gasteiger partial charge in [0.25, 0.3) is 0 Å². The second kappa shape index (κ2) is 5.84. The van der Waals surface area contributed by atoms with E-state index in [0.29, 0.717) is 12.5 Å². The van der Waals surface area contributed by atoms with Gasteiger partial charge in [-0.25, -0.2) is 0 Å². The molecule has 0 spiro atoms. The summed E-state index contributed by atoms with van der Waals surface area (Å²) in [5.41, 5.74) is 0. The highest BCUT2D eigenvalue weighted by Crippen LogP contribution is 2.57. The molecule has 5 atom stereocenters. The van der Waals surface area contributed by atoms with E-state index in [-0.39, 0.29) is 35.8 Å². The third kappa shape index (κ3) is 2.75. The molecule has 3 aliphatic rings. The predicted molar refractivity (Wildman–Crippen MR) is 80.8 cm³/mol. The van der Waals surface area contributed by atoms with Crippen LogP contribution in [0.5, 0.6) is 0 Å². The summed E-state index contributed by atoms with van der Waals surface area (Å²) in [5, 5.41) is 0. The molecule has 1 aliphatic heterocycles.